The number of non-ortho nitro benzene ring substituents is 1. The number of nitro groups is 1. The molecule has 0 aliphatic heterocycles. The van der Waals surface area contributed by atoms with Gasteiger partial charge in [-0.2, -0.15) is 0 Å². The predicted molar refractivity (Wildman–Crippen MR) is 105 cm³/mol. The molecular weight excluding hydrogens is 378 g/mol. The van der Waals surface area contributed by atoms with Crippen LogP contribution in [0.2, 0.25) is 0 Å². The van der Waals surface area contributed by atoms with Gasteiger partial charge in [-0.3, -0.25) is 24.5 Å². The molecule has 0 bridgehead atoms. The molecule has 1 aliphatic carbocycles. The van der Waals surface area contributed by atoms with Crippen LogP contribution in [0.25, 0.3) is 0 Å². The molecule has 1 fully saturated rings. The summed E-state index contributed by atoms with van der Waals surface area (Å²) >= 11 is 0. The Morgan fingerprint density at radius 2 is 1.76 bits per heavy atom. The number of hydrogen-bond donors (Lipinski definition) is 2. The van der Waals surface area contributed by atoms with E-state index < -0.39 is 22.9 Å². The normalized spacial score (nSPS) is 15.6. The highest BCUT2D eigenvalue weighted by atomic mass is 16.6. The van der Waals surface area contributed by atoms with Crippen molar-refractivity contribution in [3.05, 3.63) is 39.9 Å². The number of hydrogen-bond acceptors (Lipinski definition) is 6. The lowest BCUT2D eigenvalue weighted by molar-refractivity contribution is -0.384. The number of esters is 1. The van der Waals surface area contributed by atoms with Gasteiger partial charge >= 0.3 is 5.97 Å². The standard InChI is InChI=1S/C20H27N3O6/c1-14(19(25)22-16-6-4-2-3-5-7-16)29-18(24)12-13-21-20(26)15-8-10-17(11-9-15)23(27)28/h8-11,14,16H,2-7,12-13H2,1H3,(H,21,26)(H,22,25)/t14-/m0/s1. The van der Waals surface area contributed by atoms with E-state index in [4.69, 9.17) is 4.74 Å². The van der Waals surface area contributed by atoms with E-state index in [2.05, 4.69) is 10.6 Å². The number of ether oxygens (including phenoxy) is 1. The molecule has 9 heteroatoms. The van der Waals surface area contributed by atoms with Crippen LogP contribution in [0.3, 0.4) is 0 Å². The van der Waals surface area contributed by atoms with Crippen molar-refractivity contribution in [2.45, 2.75) is 64.0 Å². The van der Waals surface area contributed by atoms with Crippen molar-refractivity contribution < 1.29 is 24.0 Å². The first kappa shape index (κ1) is 22.3. The molecule has 1 saturated carbocycles. The van der Waals surface area contributed by atoms with Crippen molar-refractivity contribution in [3.8, 4) is 0 Å². The summed E-state index contributed by atoms with van der Waals surface area (Å²) in [7, 11) is 0. The molecule has 0 radical (unpaired) electrons. The maximum Gasteiger partial charge on any atom is 0.308 e. The van der Waals surface area contributed by atoms with E-state index >= 15 is 0 Å². The van der Waals surface area contributed by atoms with Crippen molar-refractivity contribution in [1.82, 2.24) is 10.6 Å². The molecule has 1 aromatic rings. The fraction of sp³-hybridized carbons (Fsp3) is 0.550. The molecule has 1 aromatic carbocycles. The third-order valence-electron chi connectivity index (χ3n) is 4.83. The summed E-state index contributed by atoms with van der Waals surface area (Å²) in [6.45, 7) is 1.56. The second kappa shape index (κ2) is 11.1. The van der Waals surface area contributed by atoms with Crippen LogP contribution >= 0.6 is 0 Å². The third-order valence-corrected chi connectivity index (χ3v) is 4.83. The Morgan fingerprint density at radius 1 is 1.14 bits per heavy atom. The second-order valence-corrected chi connectivity index (χ2v) is 7.14. The van der Waals surface area contributed by atoms with Crippen LogP contribution in [0.4, 0.5) is 5.69 Å². The lowest BCUT2D eigenvalue weighted by Crippen LogP contribution is -2.42. The van der Waals surface area contributed by atoms with Gasteiger partial charge < -0.3 is 15.4 Å². The van der Waals surface area contributed by atoms with Crippen molar-refractivity contribution >= 4 is 23.5 Å². The summed E-state index contributed by atoms with van der Waals surface area (Å²) in [5, 5.41) is 16.1. The molecular formula is C20H27N3O6. The van der Waals surface area contributed by atoms with Crippen LogP contribution in [0.5, 0.6) is 0 Å². The summed E-state index contributed by atoms with van der Waals surface area (Å²) in [6, 6.07) is 5.28. The quantitative estimate of drug-likeness (QED) is 0.296. The van der Waals surface area contributed by atoms with Gasteiger partial charge in [-0.05, 0) is 31.9 Å². The molecule has 29 heavy (non-hydrogen) atoms. The molecule has 2 rings (SSSR count). The van der Waals surface area contributed by atoms with Gasteiger partial charge in [-0.1, -0.05) is 25.7 Å². The summed E-state index contributed by atoms with van der Waals surface area (Å²) in [4.78, 5) is 46.2. The van der Waals surface area contributed by atoms with Crippen molar-refractivity contribution in [2.75, 3.05) is 6.54 Å². The Labute approximate surface area is 169 Å². The number of amides is 2. The highest BCUT2D eigenvalue weighted by molar-refractivity contribution is 5.94. The minimum Gasteiger partial charge on any atom is -0.452 e. The summed E-state index contributed by atoms with van der Waals surface area (Å²) in [6.07, 6.45) is 5.46. The van der Waals surface area contributed by atoms with E-state index in [0.29, 0.717) is 0 Å². The summed E-state index contributed by atoms with van der Waals surface area (Å²) in [5.74, 6) is -1.34. The number of rotatable bonds is 8. The number of nitrogens with one attached hydrogen (secondary N) is 2. The predicted octanol–water partition coefficient (Wildman–Crippen LogP) is 2.49. The lowest BCUT2D eigenvalue weighted by atomic mass is 10.1. The third kappa shape index (κ3) is 7.52. The zero-order valence-corrected chi connectivity index (χ0v) is 16.5. The van der Waals surface area contributed by atoms with E-state index in [0.717, 1.165) is 25.7 Å². The first-order valence-electron chi connectivity index (χ1n) is 9.89. The molecule has 2 amide bonds. The van der Waals surface area contributed by atoms with Gasteiger partial charge in [0.05, 0.1) is 11.3 Å². The first-order valence-corrected chi connectivity index (χ1v) is 9.89. The van der Waals surface area contributed by atoms with Crippen molar-refractivity contribution in [2.24, 2.45) is 0 Å². The van der Waals surface area contributed by atoms with Gasteiger partial charge in [-0.15, -0.1) is 0 Å². The zero-order valence-electron chi connectivity index (χ0n) is 16.5. The van der Waals surface area contributed by atoms with Gasteiger partial charge in [0.25, 0.3) is 17.5 Å². The Hall–Kier alpha value is -2.97. The summed E-state index contributed by atoms with van der Waals surface area (Å²) < 4.78 is 5.14. The molecule has 0 heterocycles. The molecule has 9 nitrogen and oxygen atoms in total. The molecule has 0 saturated heterocycles. The van der Waals surface area contributed by atoms with Crippen LogP contribution in [0.15, 0.2) is 24.3 Å². The molecule has 0 aromatic heterocycles. The van der Waals surface area contributed by atoms with Crippen molar-refractivity contribution in [3.63, 3.8) is 0 Å². The number of nitro benzene ring substituents is 1. The SMILES string of the molecule is C[C@H](OC(=O)CCNC(=O)c1ccc([N+](=O)[O-])cc1)C(=O)NC1CCCCCC1. The van der Waals surface area contributed by atoms with E-state index in [1.54, 1.807) is 0 Å². The molecule has 0 unspecified atom stereocenters. The van der Waals surface area contributed by atoms with E-state index in [9.17, 15) is 24.5 Å². The average Bonchev–Trinajstić information content (AvgIpc) is 2.96. The van der Waals surface area contributed by atoms with Gasteiger partial charge in [0, 0.05) is 30.3 Å². The van der Waals surface area contributed by atoms with Crippen LogP contribution in [0, 0.1) is 10.1 Å². The summed E-state index contributed by atoms with van der Waals surface area (Å²) in [5.41, 5.74) is 0.140. The molecule has 1 atom stereocenters. The number of nitrogens with zero attached hydrogens (tertiary/aromatic N) is 1. The average molecular weight is 405 g/mol. The highest BCUT2D eigenvalue weighted by Crippen LogP contribution is 2.17. The highest BCUT2D eigenvalue weighted by Gasteiger charge is 2.21. The Balaban J connectivity index is 1.69. The Morgan fingerprint density at radius 3 is 2.34 bits per heavy atom. The monoisotopic (exact) mass is 405 g/mol. The van der Waals surface area contributed by atoms with Gasteiger partial charge in [0.2, 0.25) is 0 Å². The molecule has 2 N–H and O–H groups in total. The topological polar surface area (TPSA) is 128 Å². The molecule has 1 aliphatic rings. The minimum absolute atomic E-state index is 0.0334. The maximum atomic E-state index is 12.2. The fourth-order valence-corrected chi connectivity index (χ4v) is 3.17. The largest absolute Gasteiger partial charge is 0.452 e. The molecule has 0 spiro atoms. The van der Waals surface area contributed by atoms with E-state index in [-0.39, 0.29) is 36.2 Å². The first-order chi connectivity index (χ1) is 13.9. The lowest BCUT2D eigenvalue weighted by Gasteiger charge is -2.19. The maximum absolute atomic E-state index is 12.2. The second-order valence-electron chi connectivity index (χ2n) is 7.14. The van der Waals surface area contributed by atoms with Gasteiger partial charge in [0.15, 0.2) is 6.10 Å². The zero-order chi connectivity index (χ0) is 21.2. The number of benzene rings is 1. The van der Waals surface area contributed by atoms with Crippen LogP contribution in [-0.2, 0) is 14.3 Å². The van der Waals surface area contributed by atoms with Crippen LogP contribution < -0.4 is 10.6 Å². The molecule has 158 valence electrons. The Kier molecular flexibility index (Phi) is 8.57. The van der Waals surface area contributed by atoms with E-state index in [1.165, 1.54) is 44.0 Å². The number of carbonyl (C=O) groups excluding carboxylic acids is 3. The Bertz CT molecular complexity index is 726. The minimum atomic E-state index is -0.892. The van der Waals surface area contributed by atoms with Gasteiger partial charge in [-0.25, -0.2) is 0 Å². The smallest absolute Gasteiger partial charge is 0.308 e. The fourth-order valence-electron chi connectivity index (χ4n) is 3.17. The van der Waals surface area contributed by atoms with E-state index in [1.807, 2.05) is 0 Å². The van der Waals surface area contributed by atoms with Crippen LogP contribution in [0.1, 0.15) is 62.2 Å². The van der Waals surface area contributed by atoms with Crippen molar-refractivity contribution in [1.29, 1.82) is 0 Å². The van der Waals surface area contributed by atoms with Gasteiger partial charge in [0.1, 0.15) is 0 Å². The van der Waals surface area contributed by atoms with Crippen LogP contribution in [-0.4, -0.2) is 41.4 Å². The number of carbonyl (C=O) groups is 3.